The van der Waals surface area contributed by atoms with Gasteiger partial charge < -0.3 is 53.6 Å². The maximum Gasteiger partial charge on any atom is 0.427 e. The van der Waals surface area contributed by atoms with Gasteiger partial charge >= 0.3 is 36.4 Å². The molecule has 0 radical (unpaired) electrons. The second kappa shape index (κ2) is 21.9. The Balaban J connectivity index is 1.53. The first-order valence-corrected chi connectivity index (χ1v) is 23.9. The van der Waals surface area contributed by atoms with E-state index in [-0.39, 0.29) is 42.6 Å². The third kappa shape index (κ3) is 15.9. The average molecular weight is 1020 g/mol. The molecule has 73 heavy (non-hydrogen) atoms. The first-order valence-electron chi connectivity index (χ1n) is 23.9. The molecular weight excluding hydrogens is 947 g/mol. The van der Waals surface area contributed by atoms with Crippen LogP contribution in [0, 0.1) is 0 Å². The average Bonchev–Trinajstić information content (AvgIpc) is 3.72. The van der Waals surface area contributed by atoms with Gasteiger partial charge in [0.2, 0.25) is 11.9 Å². The van der Waals surface area contributed by atoms with E-state index >= 15 is 0 Å². The van der Waals surface area contributed by atoms with Gasteiger partial charge in [0.1, 0.15) is 47.9 Å². The van der Waals surface area contributed by atoms with Gasteiger partial charge in [0, 0.05) is 25.2 Å². The number of hydrogen-bond donors (Lipinski definition) is 3. The molecule has 0 saturated carbocycles. The molecule has 3 N–H and O–H groups in total. The molecule has 5 rings (SSSR count). The number of aliphatic carboxylic acids is 1. The Morgan fingerprint density at radius 2 is 1.16 bits per heavy atom. The SMILES string of the molecule is CC(C)(C)OC(=O)N(Cc1cn(CC(=O)N(CCNC(=O)OCC2c3ccccc3-c3ccccc32)CC(=O)O)c2c1C(OC(C)(C)C)N=C(N(C(=O)OC(C)(C)C)C(=O)OC(C)(C)C)N2)C(=O)OC(C)(C)C. The van der Waals surface area contributed by atoms with Crippen molar-refractivity contribution in [2.24, 2.45) is 4.99 Å². The third-order valence-electron chi connectivity index (χ3n) is 10.3. The molecule has 0 fully saturated rings. The highest BCUT2D eigenvalue weighted by Gasteiger charge is 2.42. The third-order valence-corrected chi connectivity index (χ3v) is 10.3. The Kier molecular flexibility index (Phi) is 17.0. The van der Waals surface area contributed by atoms with Crippen LogP contribution in [0.1, 0.15) is 138 Å². The van der Waals surface area contributed by atoms with Crippen molar-refractivity contribution in [3.8, 4) is 11.1 Å². The lowest BCUT2D eigenvalue weighted by Gasteiger charge is -2.34. The van der Waals surface area contributed by atoms with Crippen molar-refractivity contribution in [3.05, 3.63) is 77.0 Å². The molecule has 1 aliphatic carbocycles. The summed E-state index contributed by atoms with van der Waals surface area (Å²) in [6.45, 7) is 22.0. The lowest BCUT2D eigenvalue weighted by atomic mass is 9.98. The van der Waals surface area contributed by atoms with Crippen LogP contribution in [-0.4, -0.2) is 127 Å². The van der Waals surface area contributed by atoms with Crippen LogP contribution in [-0.2, 0) is 51.1 Å². The summed E-state index contributed by atoms with van der Waals surface area (Å²) < 4.78 is 36.0. The monoisotopic (exact) mass is 1020 g/mol. The zero-order valence-electron chi connectivity index (χ0n) is 44.6. The van der Waals surface area contributed by atoms with Crippen LogP contribution in [0.2, 0.25) is 0 Å². The largest absolute Gasteiger partial charge is 0.480 e. The summed E-state index contributed by atoms with van der Waals surface area (Å²) in [5.74, 6) is -2.80. The first kappa shape index (κ1) is 56.8. The smallest absolute Gasteiger partial charge is 0.427 e. The molecule has 2 aliphatic rings. The van der Waals surface area contributed by atoms with Crippen LogP contribution in [0.5, 0.6) is 0 Å². The molecule has 2 aromatic carbocycles. The molecule has 1 aromatic heterocycles. The van der Waals surface area contributed by atoms with Gasteiger partial charge in [0.25, 0.3) is 0 Å². The van der Waals surface area contributed by atoms with Crippen molar-refractivity contribution in [2.75, 3.05) is 31.6 Å². The van der Waals surface area contributed by atoms with Crippen molar-refractivity contribution in [1.29, 1.82) is 0 Å². The number of hydrogen-bond acceptors (Lipinski definition) is 15. The number of aliphatic imine (C=N–C) groups is 1. The number of carbonyl (C=O) groups is 7. The fourth-order valence-electron chi connectivity index (χ4n) is 7.66. The lowest BCUT2D eigenvalue weighted by molar-refractivity contribution is -0.144. The molecule has 6 amide bonds. The highest BCUT2D eigenvalue weighted by atomic mass is 16.6. The second-order valence-electron chi connectivity index (χ2n) is 22.5. The number of carboxylic acids is 1. The van der Waals surface area contributed by atoms with E-state index in [1.165, 1.54) is 10.8 Å². The summed E-state index contributed by atoms with van der Waals surface area (Å²) in [4.78, 5) is 103. The van der Waals surface area contributed by atoms with Crippen LogP contribution in [0.3, 0.4) is 0 Å². The van der Waals surface area contributed by atoms with Crippen molar-refractivity contribution in [1.82, 2.24) is 24.6 Å². The Labute approximate surface area is 426 Å². The van der Waals surface area contributed by atoms with E-state index < -0.39 is 102 Å². The predicted molar refractivity (Wildman–Crippen MR) is 269 cm³/mol. The highest BCUT2D eigenvalue weighted by molar-refractivity contribution is 6.13. The summed E-state index contributed by atoms with van der Waals surface area (Å²) in [6, 6.07) is 15.7. The van der Waals surface area contributed by atoms with E-state index in [2.05, 4.69) is 10.6 Å². The maximum atomic E-state index is 14.5. The zero-order valence-corrected chi connectivity index (χ0v) is 44.6. The van der Waals surface area contributed by atoms with Gasteiger partial charge in [-0.05, 0) is 132 Å². The fraction of sp³-hybridized carbons (Fsp3) is 0.538. The number of nitrogens with zero attached hydrogens (tertiary/aromatic N) is 5. The van der Waals surface area contributed by atoms with E-state index in [0.717, 1.165) is 32.1 Å². The molecule has 0 spiro atoms. The molecule has 398 valence electrons. The Morgan fingerprint density at radius 1 is 0.685 bits per heavy atom. The standard InChI is InChI=1S/C52H71N7O14/c1-48(2,3)69-41-39-31(27-58(44(64)70-49(4,5)6)45(65)71-50(7,8)9)26-57(40(39)54-42(55-41)59(46(66)72-51(10,11)12)47(67)73-52(13,14)15)28-37(60)56(29-38(61)62)25-24-53-43(63)68-30-36-34-22-18-16-20-32(34)33-21-17-19-23-35(33)36/h16-23,26,36,41H,24-25,27-30H2,1-15H3,(H,53,63)(H,54,55)(H,61,62). The van der Waals surface area contributed by atoms with Gasteiger partial charge in [-0.2, -0.15) is 0 Å². The minimum absolute atomic E-state index is 0.0138. The number of carboxylic acid groups (broad SMARTS) is 1. The molecule has 21 nitrogen and oxygen atoms in total. The Hall–Kier alpha value is -7.16. The number of imide groups is 2. The number of aromatic nitrogens is 1. The molecule has 0 saturated heterocycles. The van der Waals surface area contributed by atoms with Crippen molar-refractivity contribution >= 4 is 54.1 Å². The molecule has 1 unspecified atom stereocenters. The van der Waals surface area contributed by atoms with E-state index in [1.54, 1.807) is 104 Å². The summed E-state index contributed by atoms with van der Waals surface area (Å²) in [6.07, 6.45) is -5.31. The van der Waals surface area contributed by atoms with E-state index in [0.29, 0.717) is 4.90 Å². The van der Waals surface area contributed by atoms with Crippen LogP contribution in [0.4, 0.5) is 29.8 Å². The number of benzene rings is 2. The quantitative estimate of drug-likeness (QED) is 0.143. The number of fused-ring (bicyclic) bond motifs is 4. The van der Waals surface area contributed by atoms with Gasteiger partial charge in [-0.1, -0.05) is 48.5 Å². The molecule has 21 heteroatoms. The van der Waals surface area contributed by atoms with Crippen molar-refractivity contribution < 1.29 is 67.1 Å². The van der Waals surface area contributed by atoms with Crippen molar-refractivity contribution in [2.45, 2.75) is 157 Å². The first-order chi connectivity index (χ1) is 33.6. The topological polar surface area (TPSA) is 246 Å². The molecule has 1 atom stereocenters. The summed E-state index contributed by atoms with van der Waals surface area (Å²) in [5.41, 5.74) is -0.910. The number of carbonyl (C=O) groups excluding carboxylic acids is 6. The number of alkyl carbamates (subject to hydrolysis) is 1. The van der Waals surface area contributed by atoms with Crippen LogP contribution in [0.25, 0.3) is 11.1 Å². The van der Waals surface area contributed by atoms with Gasteiger partial charge in [-0.3, -0.25) is 9.59 Å². The van der Waals surface area contributed by atoms with E-state index in [9.17, 15) is 38.7 Å². The van der Waals surface area contributed by atoms with Crippen LogP contribution in [0.15, 0.2) is 59.7 Å². The maximum absolute atomic E-state index is 14.5. The van der Waals surface area contributed by atoms with Gasteiger partial charge in [0.05, 0.1) is 17.7 Å². The molecule has 0 bridgehead atoms. The number of anilines is 1. The summed E-state index contributed by atoms with van der Waals surface area (Å²) in [5, 5.41) is 15.6. The van der Waals surface area contributed by atoms with Gasteiger partial charge in [-0.25, -0.2) is 33.9 Å². The number of guanidine groups is 1. The summed E-state index contributed by atoms with van der Waals surface area (Å²) >= 11 is 0. The van der Waals surface area contributed by atoms with Gasteiger partial charge in [-0.15, -0.1) is 4.90 Å². The van der Waals surface area contributed by atoms with Crippen LogP contribution < -0.4 is 10.6 Å². The number of amides is 6. The zero-order chi connectivity index (χ0) is 54.6. The van der Waals surface area contributed by atoms with Crippen molar-refractivity contribution in [3.63, 3.8) is 0 Å². The summed E-state index contributed by atoms with van der Waals surface area (Å²) in [7, 11) is 0. The van der Waals surface area contributed by atoms with E-state index in [4.69, 9.17) is 33.4 Å². The van der Waals surface area contributed by atoms with Crippen LogP contribution >= 0.6 is 0 Å². The number of ether oxygens (including phenoxy) is 6. The highest BCUT2D eigenvalue weighted by Crippen LogP contribution is 2.45. The Morgan fingerprint density at radius 3 is 1.63 bits per heavy atom. The second-order valence-corrected chi connectivity index (χ2v) is 22.5. The van der Waals surface area contributed by atoms with E-state index in [1.807, 2.05) is 48.5 Å². The molecule has 3 aromatic rings. The normalized spacial score (nSPS) is 14.5. The predicted octanol–water partition coefficient (Wildman–Crippen LogP) is 9.38. The minimum atomic E-state index is -1.43. The molecular formula is C52H71N7O14. The lowest BCUT2D eigenvalue weighted by Crippen LogP contribution is -2.51. The van der Waals surface area contributed by atoms with Gasteiger partial charge in [0.15, 0.2) is 6.23 Å². The number of rotatable bonds is 12. The molecule has 1 aliphatic heterocycles. The Bertz CT molecular complexity index is 2500. The molecule has 2 heterocycles. The fourth-order valence-corrected chi connectivity index (χ4v) is 7.66. The minimum Gasteiger partial charge on any atom is -0.480 e. The number of nitrogens with one attached hydrogen (secondary N) is 2.